The quantitative estimate of drug-likeness (QED) is 0.748. The van der Waals surface area contributed by atoms with Gasteiger partial charge in [0.25, 0.3) is 5.19 Å². The van der Waals surface area contributed by atoms with Gasteiger partial charge in [-0.15, -0.1) is 0 Å². The van der Waals surface area contributed by atoms with Gasteiger partial charge in [0.2, 0.25) is 0 Å². The van der Waals surface area contributed by atoms with Crippen LogP contribution in [0.3, 0.4) is 0 Å². The molecule has 0 saturated carbocycles. The number of methoxy groups -OCH3 is 1. The Bertz CT molecular complexity index is 786. The Hall–Kier alpha value is -2.34. The van der Waals surface area contributed by atoms with Crippen molar-refractivity contribution >= 4 is 27.9 Å². The maximum atomic E-state index is 5.85. The van der Waals surface area contributed by atoms with E-state index in [0.717, 1.165) is 27.2 Å². The summed E-state index contributed by atoms with van der Waals surface area (Å²) in [6, 6.07) is 7.53. The first-order valence-corrected chi connectivity index (χ1v) is 7.36. The summed E-state index contributed by atoms with van der Waals surface area (Å²) in [5.74, 6) is 0.775. The molecule has 2 heterocycles. The van der Waals surface area contributed by atoms with Crippen molar-refractivity contribution < 1.29 is 9.47 Å². The highest BCUT2D eigenvalue weighted by Gasteiger charge is 2.11. The number of anilines is 1. The molecule has 3 aromatic rings. The van der Waals surface area contributed by atoms with Gasteiger partial charge in [-0.3, -0.25) is 0 Å². The second-order valence-corrected chi connectivity index (χ2v) is 5.40. The predicted molar refractivity (Wildman–Crippen MR) is 85.0 cm³/mol. The summed E-state index contributed by atoms with van der Waals surface area (Å²) >= 11 is 1.45. The summed E-state index contributed by atoms with van der Waals surface area (Å²) in [6.07, 6.45) is 1.75. The standard InChI is InChI=1S/C15H15N3O2S/c1-3-20-13-7-12(14-8-17-15(19-2)21-14)18-11-5-4-9(16)6-10(11)13/h4-8H,3,16H2,1-2H3. The average Bonchev–Trinajstić information content (AvgIpc) is 2.97. The predicted octanol–water partition coefficient (Wildman–Crippen LogP) is 3.35. The zero-order chi connectivity index (χ0) is 14.8. The van der Waals surface area contributed by atoms with E-state index in [4.69, 9.17) is 15.2 Å². The summed E-state index contributed by atoms with van der Waals surface area (Å²) in [5.41, 5.74) is 8.20. The first-order chi connectivity index (χ1) is 10.2. The molecule has 3 rings (SSSR count). The van der Waals surface area contributed by atoms with Gasteiger partial charge in [-0.25, -0.2) is 9.97 Å². The molecule has 2 N–H and O–H groups in total. The number of fused-ring (bicyclic) bond motifs is 1. The molecule has 108 valence electrons. The summed E-state index contributed by atoms with van der Waals surface area (Å²) in [4.78, 5) is 9.77. The fourth-order valence-corrected chi connectivity index (χ4v) is 2.78. The van der Waals surface area contributed by atoms with Crippen LogP contribution in [0.2, 0.25) is 0 Å². The van der Waals surface area contributed by atoms with Crippen molar-refractivity contribution in [2.45, 2.75) is 6.92 Å². The van der Waals surface area contributed by atoms with Gasteiger partial charge in [0, 0.05) is 17.1 Å². The number of nitrogen functional groups attached to an aromatic ring is 1. The normalized spacial score (nSPS) is 10.8. The minimum Gasteiger partial charge on any atom is -0.493 e. The van der Waals surface area contributed by atoms with Gasteiger partial charge in [-0.2, -0.15) is 0 Å². The average molecular weight is 301 g/mol. The van der Waals surface area contributed by atoms with Crippen LogP contribution in [0.5, 0.6) is 10.9 Å². The Balaban J connectivity index is 2.17. The van der Waals surface area contributed by atoms with Crippen LogP contribution in [-0.4, -0.2) is 23.7 Å². The number of benzene rings is 1. The highest BCUT2D eigenvalue weighted by Crippen LogP contribution is 2.35. The van der Waals surface area contributed by atoms with E-state index in [-0.39, 0.29) is 0 Å². The van der Waals surface area contributed by atoms with E-state index < -0.39 is 0 Å². The van der Waals surface area contributed by atoms with Crippen LogP contribution in [-0.2, 0) is 0 Å². The van der Waals surface area contributed by atoms with E-state index in [1.165, 1.54) is 11.3 Å². The van der Waals surface area contributed by atoms with Crippen molar-refractivity contribution in [3.8, 4) is 21.5 Å². The zero-order valence-electron chi connectivity index (χ0n) is 11.8. The van der Waals surface area contributed by atoms with Crippen molar-refractivity contribution in [2.75, 3.05) is 19.5 Å². The van der Waals surface area contributed by atoms with Gasteiger partial charge in [0.1, 0.15) is 5.75 Å². The molecule has 0 unspecified atom stereocenters. The monoisotopic (exact) mass is 301 g/mol. The molecular weight excluding hydrogens is 286 g/mol. The van der Waals surface area contributed by atoms with E-state index in [0.29, 0.717) is 17.5 Å². The molecule has 0 fully saturated rings. The summed E-state index contributed by atoms with van der Waals surface area (Å²) in [6.45, 7) is 2.54. The molecule has 0 saturated heterocycles. The molecule has 0 bridgehead atoms. The zero-order valence-corrected chi connectivity index (χ0v) is 12.6. The van der Waals surface area contributed by atoms with E-state index in [9.17, 15) is 0 Å². The van der Waals surface area contributed by atoms with E-state index in [1.54, 1.807) is 13.3 Å². The maximum Gasteiger partial charge on any atom is 0.273 e. The van der Waals surface area contributed by atoms with Crippen LogP contribution in [0, 0.1) is 0 Å². The number of hydrogen-bond acceptors (Lipinski definition) is 6. The van der Waals surface area contributed by atoms with Crippen molar-refractivity contribution in [3.05, 3.63) is 30.5 Å². The van der Waals surface area contributed by atoms with Crippen LogP contribution in [0.4, 0.5) is 5.69 Å². The molecule has 2 aromatic heterocycles. The number of thiazole rings is 1. The number of aromatic nitrogens is 2. The Morgan fingerprint density at radius 1 is 1.29 bits per heavy atom. The molecule has 21 heavy (non-hydrogen) atoms. The lowest BCUT2D eigenvalue weighted by Crippen LogP contribution is -1.96. The second kappa shape index (κ2) is 5.57. The molecule has 0 aliphatic carbocycles. The van der Waals surface area contributed by atoms with Crippen molar-refractivity contribution in [1.82, 2.24) is 9.97 Å². The number of hydrogen-bond donors (Lipinski definition) is 1. The largest absolute Gasteiger partial charge is 0.493 e. The Labute approximate surface area is 126 Å². The van der Waals surface area contributed by atoms with E-state index in [2.05, 4.69) is 9.97 Å². The second-order valence-electron chi connectivity index (χ2n) is 4.41. The molecule has 0 aliphatic heterocycles. The number of nitrogens with zero attached hydrogens (tertiary/aromatic N) is 2. The first kappa shape index (κ1) is 13.6. The van der Waals surface area contributed by atoms with E-state index >= 15 is 0 Å². The molecule has 1 aromatic carbocycles. The van der Waals surface area contributed by atoms with Gasteiger partial charge in [-0.05, 0) is 25.1 Å². The Kier molecular flexibility index (Phi) is 3.62. The third-order valence-electron chi connectivity index (χ3n) is 3.01. The minimum atomic E-state index is 0.583. The van der Waals surface area contributed by atoms with Gasteiger partial charge in [-0.1, -0.05) is 11.3 Å². The van der Waals surface area contributed by atoms with Gasteiger partial charge in [0.15, 0.2) is 0 Å². The molecule has 0 aliphatic rings. The molecule has 0 radical (unpaired) electrons. The van der Waals surface area contributed by atoms with Gasteiger partial charge >= 0.3 is 0 Å². The van der Waals surface area contributed by atoms with Crippen LogP contribution in [0.25, 0.3) is 21.5 Å². The number of nitrogens with two attached hydrogens (primary N) is 1. The third kappa shape index (κ3) is 2.62. The summed E-state index contributed by atoms with van der Waals surface area (Å²) in [5, 5.41) is 1.53. The number of ether oxygens (including phenoxy) is 2. The van der Waals surface area contributed by atoms with Crippen LogP contribution in [0.15, 0.2) is 30.5 Å². The molecule has 0 atom stereocenters. The third-order valence-corrected chi connectivity index (χ3v) is 3.99. The van der Waals surface area contributed by atoms with Crippen LogP contribution in [0.1, 0.15) is 6.92 Å². The van der Waals surface area contributed by atoms with Gasteiger partial charge in [0.05, 0.1) is 36.0 Å². The number of pyridine rings is 1. The topological polar surface area (TPSA) is 70.3 Å². The van der Waals surface area contributed by atoms with Crippen molar-refractivity contribution in [1.29, 1.82) is 0 Å². The lowest BCUT2D eigenvalue weighted by molar-refractivity contribution is 0.344. The highest BCUT2D eigenvalue weighted by molar-refractivity contribution is 7.16. The molecule has 6 heteroatoms. The van der Waals surface area contributed by atoms with Crippen molar-refractivity contribution in [2.24, 2.45) is 0 Å². The smallest absolute Gasteiger partial charge is 0.273 e. The fourth-order valence-electron chi connectivity index (χ4n) is 2.08. The Morgan fingerprint density at radius 2 is 2.14 bits per heavy atom. The summed E-state index contributed by atoms with van der Waals surface area (Å²) in [7, 11) is 1.60. The minimum absolute atomic E-state index is 0.583. The van der Waals surface area contributed by atoms with Crippen molar-refractivity contribution in [3.63, 3.8) is 0 Å². The highest BCUT2D eigenvalue weighted by atomic mass is 32.1. The summed E-state index contributed by atoms with van der Waals surface area (Å²) < 4.78 is 10.9. The SMILES string of the molecule is CCOc1cc(-c2cnc(OC)s2)nc2ccc(N)cc12. The number of rotatable bonds is 4. The molecule has 5 nitrogen and oxygen atoms in total. The van der Waals surface area contributed by atoms with Crippen LogP contribution < -0.4 is 15.2 Å². The lowest BCUT2D eigenvalue weighted by atomic mass is 10.1. The molecular formula is C15H15N3O2S. The van der Waals surface area contributed by atoms with Gasteiger partial charge < -0.3 is 15.2 Å². The molecule has 0 spiro atoms. The Morgan fingerprint density at radius 3 is 2.86 bits per heavy atom. The first-order valence-electron chi connectivity index (χ1n) is 6.54. The van der Waals surface area contributed by atoms with Crippen LogP contribution >= 0.6 is 11.3 Å². The van der Waals surface area contributed by atoms with E-state index in [1.807, 2.05) is 31.2 Å². The molecule has 0 amide bonds. The fraction of sp³-hybridized carbons (Fsp3) is 0.200. The maximum absolute atomic E-state index is 5.85. The lowest BCUT2D eigenvalue weighted by Gasteiger charge is -2.09.